The summed E-state index contributed by atoms with van der Waals surface area (Å²) >= 11 is 0. The second-order valence-electron chi connectivity index (χ2n) is 5.75. The summed E-state index contributed by atoms with van der Waals surface area (Å²) in [5.41, 5.74) is 0.0610. The topological polar surface area (TPSA) is 92.4 Å². The van der Waals surface area contributed by atoms with E-state index in [1.54, 1.807) is 18.7 Å². The van der Waals surface area contributed by atoms with Crippen molar-refractivity contribution in [1.82, 2.24) is 14.9 Å². The number of amides is 1. The highest BCUT2D eigenvalue weighted by Crippen LogP contribution is 2.21. The van der Waals surface area contributed by atoms with Gasteiger partial charge in [-0.05, 0) is 33.1 Å². The van der Waals surface area contributed by atoms with Gasteiger partial charge in [0.2, 0.25) is 5.91 Å². The van der Waals surface area contributed by atoms with Crippen LogP contribution < -0.4 is 5.56 Å². The van der Waals surface area contributed by atoms with Gasteiger partial charge in [-0.1, -0.05) is 0 Å². The molecule has 1 N–H and O–H groups in total. The van der Waals surface area contributed by atoms with Crippen LogP contribution in [0.25, 0.3) is 0 Å². The number of ether oxygens (including phenoxy) is 1. The van der Waals surface area contributed by atoms with E-state index in [1.807, 2.05) is 0 Å². The predicted octanol–water partition coefficient (Wildman–Crippen LogP) is 0.955. The van der Waals surface area contributed by atoms with E-state index in [-0.39, 0.29) is 36.3 Å². The first kappa shape index (κ1) is 17.2. The number of aryl methyl sites for hydroxylation is 1. The molecule has 1 aromatic rings. The number of carbonyl (C=O) groups excluding carboxylic acids is 2. The molecule has 0 radical (unpaired) electrons. The second-order valence-corrected chi connectivity index (χ2v) is 5.75. The fourth-order valence-electron chi connectivity index (χ4n) is 2.85. The Morgan fingerprint density at radius 1 is 1.43 bits per heavy atom. The van der Waals surface area contributed by atoms with Crippen molar-refractivity contribution in [2.24, 2.45) is 0 Å². The second kappa shape index (κ2) is 7.89. The summed E-state index contributed by atoms with van der Waals surface area (Å²) in [6.07, 6.45) is 4.33. The first-order valence-electron chi connectivity index (χ1n) is 8.01. The highest BCUT2D eigenvalue weighted by molar-refractivity contribution is 5.80. The van der Waals surface area contributed by atoms with Crippen molar-refractivity contribution >= 4 is 11.9 Å². The molecule has 1 atom stereocenters. The number of likely N-dealkylation sites (tertiary alicyclic amines) is 1. The summed E-state index contributed by atoms with van der Waals surface area (Å²) in [5.74, 6) is 0.0894. The molecule has 1 aliphatic heterocycles. The molecule has 23 heavy (non-hydrogen) atoms. The van der Waals surface area contributed by atoms with Crippen molar-refractivity contribution < 1.29 is 14.3 Å². The molecule has 0 saturated carbocycles. The molecular weight excluding hydrogens is 298 g/mol. The molecule has 1 fully saturated rings. The lowest BCUT2D eigenvalue weighted by Gasteiger charge is -2.35. The third-order valence-corrected chi connectivity index (χ3v) is 4.00. The van der Waals surface area contributed by atoms with Gasteiger partial charge in [0.1, 0.15) is 5.82 Å². The van der Waals surface area contributed by atoms with Crippen LogP contribution in [-0.2, 0) is 20.7 Å². The number of aromatic amines is 1. The fourth-order valence-corrected chi connectivity index (χ4v) is 2.85. The summed E-state index contributed by atoms with van der Waals surface area (Å²) in [4.78, 5) is 44.4. The maximum absolute atomic E-state index is 12.5. The minimum Gasteiger partial charge on any atom is -0.466 e. The molecule has 1 saturated heterocycles. The Morgan fingerprint density at radius 3 is 2.91 bits per heavy atom. The lowest BCUT2D eigenvalue weighted by atomic mass is 9.98. The smallest absolute Gasteiger partial charge is 0.307 e. The molecule has 0 aliphatic carbocycles. The quantitative estimate of drug-likeness (QED) is 0.815. The third kappa shape index (κ3) is 4.64. The van der Waals surface area contributed by atoms with E-state index in [9.17, 15) is 14.4 Å². The average Bonchev–Trinajstić information content (AvgIpc) is 2.50. The minimum atomic E-state index is -0.287. The number of aromatic nitrogens is 2. The zero-order chi connectivity index (χ0) is 16.8. The van der Waals surface area contributed by atoms with Crippen LogP contribution in [0.2, 0.25) is 0 Å². The van der Waals surface area contributed by atoms with E-state index in [4.69, 9.17) is 4.74 Å². The third-order valence-electron chi connectivity index (χ3n) is 4.00. The van der Waals surface area contributed by atoms with Crippen molar-refractivity contribution in [2.75, 3.05) is 13.2 Å². The van der Waals surface area contributed by atoms with Crippen LogP contribution in [0.5, 0.6) is 0 Å². The van der Waals surface area contributed by atoms with Gasteiger partial charge in [0, 0.05) is 24.3 Å². The first-order chi connectivity index (χ1) is 11.0. The number of nitrogens with zero attached hydrogens (tertiary/aromatic N) is 2. The van der Waals surface area contributed by atoms with Gasteiger partial charge in [-0.25, -0.2) is 4.98 Å². The average molecular weight is 321 g/mol. The number of esters is 1. The van der Waals surface area contributed by atoms with Gasteiger partial charge in [0.15, 0.2) is 0 Å². The minimum absolute atomic E-state index is 0.00192. The Labute approximate surface area is 135 Å². The van der Waals surface area contributed by atoms with Crippen molar-refractivity contribution in [3.63, 3.8) is 0 Å². The van der Waals surface area contributed by atoms with Crippen LogP contribution in [0.1, 0.15) is 44.0 Å². The molecule has 0 aromatic carbocycles. The number of rotatable bonds is 5. The molecular formula is C16H23N3O4. The van der Waals surface area contributed by atoms with Crippen LogP contribution in [0.4, 0.5) is 0 Å². The number of hydrogen-bond acceptors (Lipinski definition) is 5. The summed E-state index contributed by atoms with van der Waals surface area (Å²) in [7, 11) is 0. The van der Waals surface area contributed by atoms with Crippen LogP contribution in [0.3, 0.4) is 0 Å². The van der Waals surface area contributed by atoms with Crippen LogP contribution in [0.15, 0.2) is 11.0 Å². The van der Waals surface area contributed by atoms with Crippen molar-refractivity contribution in [3.05, 3.63) is 27.9 Å². The van der Waals surface area contributed by atoms with Crippen LogP contribution in [0, 0.1) is 6.92 Å². The first-order valence-corrected chi connectivity index (χ1v) is 8.01. The Kier molecular flexibility index (Phi) is 5.90. The van der Waals surface area contributed by atoms with Crippen molar-refractivity contribution in [1.29, 1.82) is 0 Å². The Hall–Kier alpha value is -2.18. The molecule has 7 nitrogen and oxygen atoms in total. The predicted molar refractivity (Wildman–Crippen MR) is 83.9 cm³/mol. The van der Waals surface area contributed by atoms with E-state index in [2.05, 4.69) is 9.97 Å². The van der Waals surface area contributed by atoms with Crippen molar-refractivity contribution in [2.45, 2.75) is 52.0 Å². The van der Waals surface area contributed by atoms with E-state index in [0.29, 0.717) is 24.5 Å². The highest BCUT2D eigenvalue weighted by atomic mass is 16.5. The fraction of sp³-hybridized carbons (Fsp3) is 0.625. The normalized spacial score (nSPS) is 17.8. The van der Waals surface area contributed by atoms with Crippen LogP contribution >= 0.6 is 0 Å². The van der Waals surface area contributed by atoms with E-state index in [0.717, 1.165) is 19.3 Å². The molecule has 126 valence electrons. The molecule has 7 heteroatoms. The van der Waals surface area contributed by atoms with Gasteiger partial charge in [-0.2, -0.15) is 0 Å². The molecule has 0 unspecified atom stereocenters. The Bertz CT molecular complexity index is 626. The number of hydrogen-bond donors (Lipinski definition) is 1. The zero-order valence-electron chi connectivity index (χ0n) is 13.6. The number of carbonyl (C=O) groups is 2. The molecule has 1 aliphatic rings. The lowest BCUT2D eigenvalue weighted by Crippen LogP contribution is -2.46. The lowest BCUT2D eigenvalue weighted by molar-refractivity contribution is -0.146. The van der Waals surface area contributed by atoms with Gasteiger partial charge in [0.05, 0.1) is 19.4 Å². The molecule has 1 aromatic heterocycles. The van der Waals surface area contributed by atoms with Gasteiger partial charge in [-0.3, -0.25) is 14.4 Å². The number of H-pyrrole nitrogens is 1. The van der Waals surface area contributed by atoms with Crippen LogP contribution in [-0.4, -0.2) is 45.9 Å². The van der Waals surface area contributed by atoms with E-state index < -0.39 is 0 Å². The zero-order valence-corrected chi connectivity index (χ0v) is 13.6. The summed E-state index contributed by atoms with van der Waals surface area (Å²) < 4.78 is 4.98. The molecule has 0 bridgehead atoms. The standard InChI is InChI=1S/C16H23N3O4/c1-3-23-15(21)9-13-6-4-5-7-19(13)14(20)8-12-10-17-11(2)18-16(12)22/h10,13H,3-9H2,1-2H3,(H,17,18,22)/t13-/m0/s1. The molecule has 1 amide bonds. The monoisotopic (exact) mass is 321 g/mol. The van der Waals surface area contributed by atoms with Gasteiger partial charge >= 0.3 is 5.97 Å². The molecule has 0 spiro atoms. The summed E-state index contributed by atoms with van der Waals surface area (Å²) in [5, 5.41) is 0. The molecule has 2 rings (SSSR count). The maximum atomic E-state index is 12.5. The Balaban J connectivity index is 2.05. The van der Waals surface area contributed by atoms with Gasteiger partial charge in [0.25, 0.3) is 5.56 Å². The van der Waals surface area contributed by atoms with Gasteiger partial charge < -0.3 is 14.6 Å². The van der Waals surface area contributed by atoms with E-state index >= 15 is 0 Å². The summed E-state index contributed by atoms with van der Waals surface area (Å²) in [6.45, 7) is 4.40. The summed E-state index contributed by atoms with van der Waals surface area (Å²) in [6, 6.07) is -0.146. The highest BCUT2D eigenvalue weighted by Gasteiger charge is 2.29. The van der Waals surface area contributed by atoms with E-state index in [1.165, 1.54) is 6.20 Å². The largest absolute Gasteiger partial charge is 0.466 e. The Morgan fingerprint density at radius 2 is 2.22 bits per heavy atom. The van der Waals surface area contributed by atoms with Gasteiger partial charge in [-0.15, -0.1) is 0 Å². The van der Waals surface area contributed by atoms with Crippen molar-refractivity contribution in [3.8, 4) is 0 Å². The molecule has 2 heterocycles. The number of piperidine rings is 1. The maximum Gasteiger partial charge on any atom is 0.307 e. The number of nitrogens with one attached hydrogen (secondary N) is 1. The SMILES string of the molecule is CCOC(=O)C[C@@H]1CCCCN1C(=O)Cc1cnc(C)[nH]c1=O.